The second kappa shape index (κ2) is 16.4. The van der Waals surface area contributed by atoms with E-state index in [9.17, 15) is 0 Å². The van der Waals surface area contributed by atoms with Crippen LogP contribution in [0, 0.1) is 0 Å². The Morgan fingerprint density at radius 1 is 1.00 bits per heavy atom. The van der Waals surface area contributed by atoms with Crippen LogP contribution in [0.5, 0.6) is 0 Å². The van der Waals surface area contributed by atoms with Gasteiger partial charge in [-0.3, -0.25) is 0 Å². The zero-order valence-corrected chi connectivity index (χ0v) is 7.28. The Hall–Kier alpha value is 3.14. The first kappa shape index (κ1) is 27.3. The van der Waals surface area contributed by atoms with E-state index in [2.05, 4.69) is 0 Å². The summed E-state index contributed by atoms with van der Waals surface area (Å²) in [6.45, 7) is 0. The standard InChI is InChI=1S/Ca.Cu.Li.Mg. The van der Waals surface area contributed by atoms with Gasteiger partial charge in [-0.15, -0.1) is 0 Å². The van der Waals surface area contributed by atoms with Crippen molar-refractivity contribution in [2.75, 3.05) is 0 Å². The maximum atomic E-state index is 0. The number of hydrogen-bond donors (Lipinski definition) is 0. The Bertz CT molecular complexity index is 8.00. The summed E-state index contributed by atoms with van der Waals surface area (Å²) < 4.78 is 0. The van der Waals surface area contributed by atoms with Gasteiger partial charge in [-0.2, -0.15) is 0 Å². The first-order valence-corrected chi connectivity index (χ1v) is 0. The molecule has 0 atom stereocenters. The zero-order chi connectivity index (χ0) is 0. The molecule has 0 heterocycles. The molecule has 0 aromatic rings. The van der Waals surface area contributed by atoms with Gasteiger partial charge in [0.1, 0.15) is 0 Å². The Kier molecular flexibility index (Phi) is 112. The molecule has 0 bridgehead atoms. The molecule has 0 aliphatic heterocycles. The first-order chi connectivity index (χ1) is 0. The average Bonchev–Trinajstić information content (AvgIpc) is 0. The van der Waals surface area contributed by atoms with Crippen molar-refractivity contribution >= 4 is 79.7 Å². The minimum Gasteiger partial charge on any atom is 0 e. The molecule has 0 saturated heterocycles. The molecule has 4 heteroatoms. The third kappa shape index (κ3) is 8.94. The topological polar surface area (TPSA) is 0 Å². The third-order valence-electron chi connectivity index (χ3n) is 0. The quantitative estimate of drug-likeness (QED) is 0.368. The van der Waals surface area contributed by atoms with Crippen molar-refractivity contribution in [2.45, 2.75) is 0 Å². The fourth-order valence-corrected chi connectivity index (χ4v) is 0. The molecular formula is CaCuLiMg. The van der Waals surface area contributed by atoms with Gasteiger partial charge in [0.2, 0.25) is 0 Å². The van der Waals surface area contributed by atoms with Crippen molar-refractivity contribution < 1.29 is 17.1 Å². The average molecular weight is 135 g/mol. The molecule has 0 aliphatic carbocycles. The van der Waals surface area contributed by atoms with Gasteiger partial charge >= 0.3 is 0 Å². The van der Waals surface area contributed by atoms with Gasteiger partial charge in [-0.25, -0.2) is 0 Å². The molecule has 4 heavy (non-hydrogen) atoms. The van der Waals surface area contributed by atoms with Crippen molar-refractivity contribution in [1.82, 2.24) is 0 Å². The van der Waals surface area contributed by atoms with Crippen molar-refractivity contribution in [3.8, 4) is 0 Å². The Morgan fingerprint density at radius 2 is 1.00 bits per heavy atom. The molecule has 0 unspecified atom stereocenters. The molecule has 0 fully saturated rings. The Balaban J connectivity index is 0. The van der Waals surface area contributed by atoms with Gasteiger partial charge in [-0.1, -0.05) is 0 Å². The summed E-state index contributed by atoms with van der Waals surface area (Å²) in [7, 11) is 0. The SMILES string of the molecule is [Ca].[Cu].[Li].[Mg]. The number of hydrogen-bond acceptors (Lipinski definition) is 0. The van der Waals surface area contributed by atoms with E-state index in [1.165, 1.54) is 0 Å². The van der Waals surface area contributed by atoms with Crippen LogP contribution in [0.4, 0.5) is 0 Å². The molecule has 0 nitrogen and oxygen atoms in total. The summed E-state index contributed by atoms with van der Waals surface area (Å²) in [5.74, 6) is 0. The fraction of sp³-hybridized carbons (Fsp3) is 0. The smallest absolute Gasteiger partial charge is 0 e. The van der Waals surface area contributed by atoms with E-state index in [-0.39, 0.29) is 96.7 Å². The molecule has 0 aromatic carbocycles. The van der Waals surface area contributed by atoms with Gasteiger partial charge in [0.05, 0.1) is 0 Å². The second-order valence-electron chi connectivity index (χ2n) is 0. The predicted octanol–water partition coefficient (Wildman–Crippen LogP) is -1.14. The molecule has 0 saturated carbocycles. The normalized spacial score (nSPS) is 0. The van der Waals surface area contributed by atoms with Gasteiger partial charge in [-0.05, 0) is 0 Å². The molecule has 0 rings (SSSR count). The van der Waals surface area contributed by atoms with Crippen LogP contribution in [-0.4, -0.2) is 79.7 Å². The zero-order valence-electron chi connectivity index (χ0n) is 2.72. The second-order valence-corrected chi connectivity index (χ2v) is 0. The van der Waals surface area contributed by atoms with Crippen molar-refractivity contribution in [3.63, 3.8) is 0 Å². The summed E-state index contributed by atoms with van der Waals surface area (Å²) in [5.41, 5.74) is 0. The molecule has 0 amide bonds. The minimum absolute atomic E-state index is 0. The predicted molar refractivity (Wildman–Crippen MR) is 17.3 cm³/mol. The van der Waals surface area contributed by atoms with Crippen LogP contribution in [0.3, 0.4) is 0 Å². The first-order valence-electron chi connectivity index (χ1n) is 0. The molecule has 0 aromatic heterocycles. The van der Waals surface area contributed by atoms with Crippen LogP contribution in [0.15, 0.2) is 0 Å². The molecule has 0 N–H and O–H groups in total. The molecular weight excluding hydrogens is 135 g/mol. The van der Waals surface area contributed by atoms with E-state index >= 15 is 0 Å². The van der Waals surface area contributed by atoms with Crippen molar-refractivity contribution in [1.29, 1.82) is 0 Å². The molecule has 16 valence electrons. The van der Waals surface area contributed by atoms with Crippen LogP contribution in [0.1, 0.15) is 0 Å². The van der Waals surface area contributed by atoms with E-state index in [0.29, 0.717) is 0 Å². The minimum atomic E-state index is 0. The maximum absolute atomic E-state index is 0. The molecule has 6 radical (unpaired) electrons. The van der Waals surface area contributed by atoms with Crippen molar-refractivity contribution in [3.05, 3.63) is 0 Å². The monoisotopic (exact) mass is 134 g/mol. The maximum Gasteiger partial charge on any atom is 0 e. The Labute approximate surface area is 94.6 Å². The van der Waals surface area contributed by atoms with Gasteiger partial charge in [0.15, 0.2) is 0 Å². The van der Waals surface area contributed by atoms with Crippen LogP contribution in [-0.2, 0) is 17.1 Å². The van der Waals surface area contributed by atoms with E-state index in [4.69, 9.17) is 0 Å². The third-order valence-corrected chi connectivity index (χ3v) is 0. The van der Waals surface area contributed by atoms with E-state index in [1.54, 1.807) is 0 Å². The fourth-order valence-electron chi connectivity index (χ4n) is 0. The van der Waals surface area contributed by atoms with Crippen LogP contribution >= 0.6 is 0 Å². The van der Waals surface area contributed by atoms with E-state index in [1.807, 2.05) is 0 Å². The summed E-state index contributed by atoms with van der Waals surface area (Å²) >= 11 is 0. The molecule has 0 spiro atoms. The largest absolute Gasteiger partial charge is 0 e. The van der Waals surface area contributed by atoms with E-state index < -0.39 is 0 Å². The number of rotatable bonds is 0. The van der Waals surface area contributed by atoms with Crippen molar-refractivity contribution in [2.24, 2.45) is 0 Å². The summed E-state index contributed by atoms with van der Waals surface area (Å²) in [6, 6.07) is 0. The summed E-state index contributed by atoms with van der Waals surface area (Å²) in [4.78, 5) is 0. The van der Waals surface area contributed by atoms with Gasteiger partial charge < -0.3 is 0 Å². The van der Waals surface area contributed by atoms with Gasteiger partial charge in [0.25, 0.3) is 0 Å². The van der Waals surface area contributed by atoms with Crippen LogP contribution < -0.4 is 0 Å². The Morgan fingerprint density at radius 3 is 1.00 bits per heavy atom. The summed E-state index contributed by atoms with van der Waals surface area (Å²) in [5, 5.41) is 0. The summed E-state index contributed by atoms with van der Waals surface area (Å²) in [6.07, 6.45) is 0. The molecule has 0 aliphatic rings. The van der Waals surface area contributed by atoms with Crippen LogP contribution in [0.25, 0.3) is 0 Å². The van der Waals surface area contributed by atoms with Gasteiger partial charge in [0, 0.05) is 96.7 Å². The van der Waals surface area contributed by atoms with Crippen LogP contribution in [0.2, 0.25) is 0 Å². The van der Waals surface area contributed by atoms with E-state index in [0.717, 1.165) is 0 Å².